The molecular weight excluding hydrogens is 148 g/mol. The first-order valence-electron chi connectivity index (χ1n) is 3.73. The molecule has 11 heavy (non-hydrogen) atoms. The van der Waals surface area contributed by atoms with E-state index in [1.54, 1.807) is 6.92 Å². The molecule has 0 amide bonds. The molecule has 0 aliphatic carbocycles. The molecule has 4 heteroatoms. The van der Waals surface area contributed by atoms with E-state index in [-0.39, 0.29) is 19.4 Å². The van der Waals surface area contributed by atoms with Gasteiger partial charge in [0.1, 0.15) is 5.60 Å². The molecule has 4 nitrogen and oxygen atoms in total. The first-order chi connectivity index (χ1) is 5.10. The molecule has 0 rings (SSSR count). The van der Waals surface area contributed by atoms with Crippen LogP contribution in [-0.2, 0) is 0 Å². The molecule has 0 saturated carbocycles. The SMILES string of the molecule is CCC(O)(CO)C(O)CCO. The van der Waals surface area contributed by atoms with Gasteiger partial charge < -0.3 is 20.4 Å². The van der Waals surface area contributed by atoms with Gasteiger partial charge in [-0.05, 0) is 12.8 Å². The van der Waals surface area contributed by atoms with Crippen molar-refractivity contribution < 1.29 is 20.4 Å². The monoisotopic (exact) mass is 164 g/mol. The zero-order valence-electron chi connectivity index (χ0n) is 6.69. The summed E-state index contributed by atoms with van der Waals surface area (Å²) in [5.41, 5.74) is -1.46. The zero-order valence-corrected chi connectivity index (χ0v) is 6.69. The minimum atomic E-state index is -1.46. The summed E-state index contributed by atoms with van der Waals surface area (Å²) >= 11 is 0. The Balaban J connectivity index is 4.00. The van der Waals surface area contributed by atoms with Crippen LogP contribution >= 0.6 is 0 Å². The van der Waals surface area contributed by atoms with Gasteiger partial charge in [-0.3, -0.25) is 0 Å². The summed E-state index contributed by atoms with van der Waals surface area (Å²) in [6, 6.07) is 0. The molecular formula is C7H16O4. The van der Waals surface area contributed by atoms with Gasteiger partial charge in [-0.1, -0.05) is 6.92 Å². The largest absolute Gasteiger partial charge is 0.396 e. The molecule has 2 unspecified atom stereocenters. The summed E-state index contributed by atoms with van der Waals surface area (Å²) in [5, 5.41) is 35.7. The molecule has 0 heterocycles. The van der Waals surface area contributed by atoms with Crippen LogP contribution in [0.4, 0.5) is 0 Å². The number of rotatable bonds is 5. The van der Waals surface area contributed by atoms with E-state index in [4.69, 9.17) is 10.2 Å². The van der Waals surface area contributed by atoms with Gasteiger partial charge in [0.05, 0.1) is 12.7 Å². The average molecular weight is 164 g/mol. The van der Waals surface area contributed by atoms with Gasteiger partial charge in [0, 0.05) is 6.61 Å². The highest BCUT2D eigenvalue weighted by molar-refractivity contribution is 4.83. The van der Waals surface area contributed by atoms with E-state index in [1.165, 1.54) is 0 Å². The predicted molar refractivity (Wildman–Crippen MR) is 40.0 cm³/mol. The second kappa shape index (κ2) is 4.66. The van der Waals surface area contributed by atoms with Crippen molar-refractivity contribution >= 4 is 0 Å². The number of hydrogen-bond acceptors (Lipinski definition) is 4. The highest BCUT2D eigenvalue weighted by Crippen LogP contribution is 2.16. The standard InChI is InChI=1S/C7H16O4/c1-2-7(11,5-9)6(10)3-4-8/h6,8-11H,2-5H2,1H3. The topological polar surface area (TPSA) is 80.9 Å². The molecule has 0 aliphatic heterocycles. The van der Waals surface area contributed by atoms with Crippen molar-refractivity contribution in [2.24, 2.45) is 0 Å². The Bertz CT molecular complexity index is 101. The summed E-state index contributed by atoms with van der Waals surface area (Å²) in [6.45, 7) is 0.991. The molecule has 0 bridgehead atoms. The van der Waals surface area contributed by atoms with Crippen LogP contribution in [0, 0.1) is 0 Å². The fourth-order valence-electron chi connectivity index (χ4n) is 0.844. The first-order valence-corrected chi connectivity index (χ1v) is 3.73. The zero-order chi connectivity index (χ0) is 8.91. The summed E-state index contributed by atoms with van der Waals surface area (Å²) in [6.07, 6.45) is -0.697. The van der Waals surface area contributed by atoms with Crippen molar-refractivity contribution in [3.05, 3.63) is 0 Å². The molecule has 0 spiro atoms. The molecule has 0 saturated heterocycles. The lowest BCUT2D eigenvalue weighted by Gasteiger charge is -2.29. The molecule has 0 aromatic carbocycles. The van der Waals surface area contributed by atoms with E-state index < -0.39 is 18.3 Å². The summed E-state index contributed by atoms with van der Waals surface area (Å²) < 4.78 is 0. The fraction of sp³-hybridized carbons (Fsp3) is 1.00. The molecule has 0 aromatic rings. The molecule has 4 N–H and O–H groups in total. The molecule has 0 radical (unpaired) electrons. The second-order valence-electron chi connectivity index (χ2n) is 2.64. The molecule has 0 aromatic heterocycles. The van der Waals surface area contributed by atoms with E-state index >= 15 is 0 Å². The highest BCUT2D eigenvalue weighted by Gasteiger charge is 2.32. The van der Waals surface area contributed by atoms with Crippen molar-refractivity contribution in [1.29, 1.82) is 0 Å². The van der Waals surface area contributed by atoms with Crippen molar-refractivity contribution in [2.45, 2.75) is 31.5 Å². The van der Waals surface area contributed by atoms with Gasteiger partial charge in [0.15, 0.2) is 0 Å². The Hall–Kier alpha value is -0.160. The minimum absolute atomic E-state index is 0.0882. The molecule has 68 valence electrons. The Morgan fingerprint density at radius 2 is 1.91 bits per heavy atom. The summed E-state index contributed by atoms with van der Waals surface area (Å²) in [5.74, 6) is 0. The highest BCUT2D eigenvalue weighted by atomic mass is 16.4. The van der Waals surface area contributed by atoms with Crippen LogP contribution in [0.3, 0.4) is 0 Å². The maximum atomic E-state index is 9.42. The molecule has 0 aliphatic rings. The van der Waals surface area contributed by atoms with Crippen molar-refractivity contribution in [2.75, 3.05) is 13.2 Å². The van der Waals surface area contributed by atoms with Crippen LogP contribution in [0.1, 0.15) is 19.8 Å². The van der Waals surface area contributed by atoms with Crippen molar-refractivity contribution in [3.8, 4) is 0 Å². The van der Waals surface area contributed by atoms with Gasteiger partial charge in [0.25, 0.3) is 0 Å². The lowest BCUT2D eigenvalue weighted by Crippen LogP contribution is -2.45. The Labute approximate surface area is 66.1 Å². The third-order valence-electron chi connectivity index (χ3n) is 1.91. The quantitative estimate of drug-likeness (QED) is 0.414. The second-order valence-corrected chi connectivity index (χ2v) is 2.64. The van der Waals surface area contributed by atoms with Crippen LogP contribution in [0.5, 0.6) is 0 Å². The van der Waals surface area contributed by atoms with Gasteiger partial charge >= 0.3 is 0 Å². The van der Waals surface area contributed by atoms with E-state index in [9.17, 15) is 10.2 Å². The van der Waals surface area contributed by atoms with Crippen molar-refractivity contribution in [3.63, 3.8) is 0 Å². The van der Waals surface area contributed by atoms with Crippen LogP contribution in [0.2, 0.25) is 0 Å². The minimum Gasteiger partial charge on any atom is -0.396 e. The van der Waals surface area contributed by atoms with Crippen LogP contribution < -0.4 is 0 Å². The number of aliphatic hydroxyl groups excluding tert-OH is 3. The van der Waals surface area contributed by atoms with Crippen molar-refractivity contribution in [1.82, 2.24) is 0 Å². The fourth-order valence-corrected chi connectivity index (χ4v) is 0.844. The Morgan fingerprint density at radius 1 is 1.36 bits per heavy atom. The van der Waals surface area contributed by atoms with E-state index in [0.717, 1.165) is 0 Å². The third-order valence-corrected chi connectivity index (χ3v) is 1.91. The maximum Gasteiger partial charge on any atom is 0.113 e. The predicted octanol–water partition coefficient (Wildman–Crippen LogP) is -1.14. The smallest absolute Gasteiger partial charge is 0.113 e. The lowest BCUT2D eigenvalue weighted by molar-refractivity contribution is -0.112. The first kappa shape index (κ1) is 10.8. The third kappa shape index (κ3) is 2.75. The van der Waals surface area contributed by atoms with Crippen LogP contribution in [0.15, 0.2) is 0 Å². The van der Waals surface area contributed by atoms with E-state index in [0.29, 0.717) is 0 Å². The molecule has 0 fully saturated rings. The van der Waals surface area contributed by atoms with Gasteiger partial charge in [-0.2, -0.15) is 0 Å². The van der Waals surface area contributed by atoms with Crippen LogP contribution in [-0.4, -0.2) is 45.3 Å². The Morgan fingerprint density at radius 3 is 2.18 bits per heavy atom. The lowest BCUT2D eigenvalue weighted by atomic mass is 9.93. The summed E-state index contributed by atoms with van der Waals surface area (Å²) in [4.78, 5) is 0. The van der Waals surface area contributed by atoms with Gasteiger partial charge in [-0.25, -0.2) is 0 Å². The summed E-state index contributed by atoms with van der Waals surface area (Å²) in [7, 11) is 0. The maximum absolute atomic E-state index is 9.42. The normalized spacial score (nSPS) is 19.4. The average Bonchev–Trinajstić information content (AvgIpc) is 2.03. The Kier molecular flexibility index (Phi) is 4.60. The van der Waals surface area contributed by atoms with Gasteiger partial charge in [0.2, 0.25) is 0 Å². The van der Waals surface area contributed by atoms with Gasteiger partial charge in [-0.15, -0.1) is 0 Å². The molecule has 2 atom stereocenters. The van der Waals surface area contributed by atoms with E-state index in [1.807, 2.05) is 0 Å². The van der Waals surface area contributed by atoms with Crippen LogP contribution in [0.25, 0.3) is 0 Å². The number of hydrogen-bond donors (Lipinski definition) is 4. The number of aliphatic hydroxyl groups is 4. The van der Waals surface area contributed by atoms with E-state index in [2.05, 4.69) is 0 Å².